The second-order valence-corrected chi connectivity index (χ2v) is 3.61. The van der Waals surface area contributed by atoms with Gasteiger partial charge in [-0.2, -0.15) is 0 Å². The fourth-order valence-electron chi connectivity index (χ4n) is 1.30. The SMILES string of the molecule is CNC(=O)c1ccc(N)cc1NCC(C)O. The average Bonchev–Trinajstić information content (AvgIpc) is 2.25. The van der Waals surface area contributed by atoms with Crippen LogP contribution in [0.1, 0.15) is 17.3 Å². The predicted molar refractivity (Wildman–Crippen MR) is 64.4 cm³/mol. The van der Waals surface area contributed by atoms with Gasteiger partial charge >= 0.3 is 0 Å². The lowest BCUT2D eigenvalue weighted by atomic mass is 10.1. The van der Waals surface area contributed by atoms with Gasteiger partial charge in [-0.1, -0.05) is 0 Å². The van der Waals surface area contributed by atoms with Crippen LogP contribution in [-0.4, -0.2) is 30.7 Å². The molecule has 1 aromatic carbocycles. The van der Waals surface area contributed by atoms with Crippen molar-refractivity contribution in [1.29, 1.82) is 0 Å². The molecule has 0 fully saturated rings. The van der Waals surface area contributed by atoms with Crippen LogP contribution in [0.25, 0.3) is 0 Å². The van der Waals surface area contributed by atoms with E-state index in [1.165, 1.54) is 0 Å². The van der Waals surface area contributed by atoms with Crippen molar-refractivity contribution in [3.63, 3.8) is 0 Å². The highest BCUT2D eigenvalue weighted by atomic mass is 16.3. The lowest BCUT2D eigenvalue weighted by Gasteiger charge is -2.13. The molecule has 1 amide bonds. The zero-order chi connectivity index (χ0) is 12.1. The maximum absolute atomic E-state index is 11.5. The van der Waals surface area contributed by atoms with Crippen molar-refractivity contribution in [2.24, 2.45) is 0 Å². The number of benzene rings is 1. The molecule has 0 bridgehead atoms. The lowest BCUT2D eigenvalue weighted by molar-refractivity contribution is 0.0963. The topological polar surface area (TPSA) is 87.4 Å². The van der Waals surface area contributed by atoms with E-state index >= 15 is 0 Å². The molecule has 5 N–H and O–H groups in total. The summed E-state index contributed by atoms with van der Waals surface area (Å²) in [6.45, 7) is 2.03. The van der Waals surface area contributed by atoms with Crippen LogP contribution in [0.2, 0.25) is 0 Å². The second-order valence-electron chi connectivity index (χ2n) is 3.61. The summed E-state index contributed by atoms with van der Waals surface area (Å²) in [5, 5.41) is 14.7. The zero-order valence-corrected chi connectivity index (χ0v) is 9.45. The molecule has 0 radical (unpaired) electrons. The van der Waals surface area contributed by atoms with Crippen LogP contribution < -0.4 is 16.4 Å². The molecular formula is C11H17N3O2. The molecule has 5 nitrogen and oxygen atoms in total. The summed E-state index contributed by atoms with van der Waals surface area (Å²) in [4.78, 5) is 11.5. The van der Waals surface area contributed by atoms with E-state index in [9.17, 15) is 9.90 Å². The lowest BCUT2D eigenvalue weighted by Crippen LogP contribution is -2.22. The molecule has 0 saturated carbocycles. The number of nitrogen functional groups attached to an aromatic ring is 1. The first-order chi connectivity index (χ1) is 7.54. The minimum atomic E-state index is -0.487. The van der Waals surface area contributed by atoms with Crippen molar-refractivity contribution in [3.8, 4) is 0 Å². The number of aliphatic hydroxyl groups excluding tert-OH is 1. The number of carbonyl (C=O) groups is 1. The molecule has 1 aromatic rings. The highest BCUT2D eigenvalue weighted by Gasteiger charge is 2.10. The number of nitrogens with two attached hydrogens (primary N) is 1. The third-order valence-electron chi connectivity index (χ3n) is 2.10. The molecule has 0 heterocycles. The van der Waals surface area contributed by atoms with Gasteiger partial charge in [-0.15, -0.1) is 0 Å². The summed E-state index contributed by atoms with van der Waals surface area (Å²) in [7, 11) is 1.57. The van der Waals surface area contributed by atoms with Crippen molar-refractivity contribution in [2.75, 3.05) is 24.6 Å². The van der Waals surface area contributed by atoms with Gasteiger partial charge in [0.1, 0.15) is 0 Å². The van der Waals surface area contributed by atoms with Gasteiger partial charge in [-0.3, -0.25) is 4.79 Å². The van der Waals surface area contributed by atoms with E-state index in [0.29, 0.717) is 23.5 Å². The van der Waals surface area contributed by atoms with Crippen molar-refractivity contribution >= 4 is 17.3 Å². The molecule has 5 heteroatoms. The van der Waals surface area contributed by atoms with Crippen LogP contribution in [0.5, 0.6) is 0 Å². The van der Waals surface area contributed by atoms with Crippen LogP contribution in [0.4, 0.5) is 11.4 Å². The van der Waals surface area contributed by atoms with Gasteiger partial charge in [0, 0.05) is 25.0 Å². The Morgan fingerprint density at radius 2 is 2.25 bits per heavy atom. The number of nitrogens with one attached hydrogen (secondary N) is 2. The molecule has 16 heavy (non-hydrogen) atoms. The predicted octanol–water partition coefficient (Wildman–Crippen LogP) is 0.421. The Bertz CT molecular complexity index is 377. The van der Waals surface area contributed by atoms with Crippen molar-refractivity contribution in [1.82, 2.24) is 5.32 Å². The van der Waals surface area contributed by atoms with Gasteiger partial charge in [-0.25, -0.2) is 0 Å². The fourth-order valence-corrected chi connectivity index (χ4v) is 1.30. The first-order valence-electron chi connectivity index (χ1n) is 5.08. The highest BCUT2D eigenvalue weighted by Crippen LogP contribution is 2.19. The minimum Gasteiger partial charge on any atom is -0.399 e. The van der Waals surface area contributed by atoms with E-state index in [4.69, 9.17) is 5.73 Å². The van der Waals surface area contributed by atoms with Crippen LogP contribution >= 0.6 is 0 Å². The van der Waals surface area contributed by atoms with Crippen molar-refractivity contribution in [3.05, 3.63) is 23.8 Å². The van der Waals surface area contributed by atoms with Gasteiger partial charge in [0.05, 0.1) is 11.7 Å². The van der Waals surface area contributed by atoms with Gasteiger partial charge in [0.15, 0.2) is 0 Å². The highest BCUT2D eigenvalue weighted by molar-refractivity contribution is 6.00. The summed E-state index contributed by atoms with van der Waals surface area (Å²) < 4.78 is 0. The average molecular weight is 223 g/mol. The van der Waals surface area contributed by atoms with Crippen LogP contribution in [0, 0.1) is 0 Å². The Labute approximate surface area is 94.7 Å². The van der Waals surface area contributed by atoms with Crippen molar-refractivity contribution < 1.29 is 9.90 Å². The Balaban J connectivity index is 2.94. The summed E-state index contributed by atoms with van der Waals surface area (Å²) in [6, 6.07) is 4.99. The summed E-state index contributed by atoms with van der Waals surface area (Å²) in [5.74, 6) is -0.187. The summed E-state index contributed by atoms with van der Waals surface area (Å²) in [5.41, 5.74) is 7.35. The summed E-state index contributed by atoms with van der Waals surface area (Å²) >= 11 is 0. The maximum atomic E-state index is 11.5. The zero-order valence-electron chi connectivity index (χ0n) is 9.45. The Morgan fingerprint density at radius 3 is 2.81 bits per heavy atom. The first-order valence-corrected chi connectivity index (χ1v) is 5.08. The third kappa shape index (κ3) is 3.13. The number of amides is 1. The quantitative estimate of drug-likeness (QED) is 0.557. The number of aliphatic hydroxyl groups is 1. The molecule has 0 aliphatic heterocycles. The number of hydrogen-bond acceptors (Lipinski definition) is 4. The smallest absolute Gasteiger partial charge is 0.253 e. The molecule has 0 aliphatic carbocycles. The molecule has 0 saturated heterocycles. The normalized spacial score (nSPS) is 11.9. The molecule has 1 unspecified atom stereocenters. The van der Waals surface area contributed by atoms with E-state index in [1.807, 2.05) is 0 Å². The maximum Gasteiger partial charge on any atom is 0.253 e. The number of carbonyl (C=O) groups excluding carboxylic acids is 1. The molecule has 0 spiro atoms. The molecule has 0 aliphatic rings. The van der Waals surface area contributed by atoms with E-state index in [0.717, 1.165) is 0 Å². The molecule has 1 atom stereocenters. The number of anilines is 2. The molecule has 0 aromatic heterocycles. The number of rotatable bonds is 4. The fraction of sp³-hybridized carbons (Fsp3) is 0.364. The van der Waals surface area contributed by atoms with E-state index in [2.05, 4.69) is 10.6 Å². The number of hydrogen-bond donors (Lipinski definition) is 4. The Hall–Kier alpha value is -1.75. The Morgan fingerprint density at radius 1 is 1.56 bits per heavy atom. The molecular weight excluding hydrogens is 206 g/mol. The van der Waals surface area contributed by atoms with Crippen LogP contribution in [0.3, 0.4) is 0 Å². The molecule has 1 rings (SSSR count). The third-order valence-corrected chi connectivity index (χ3v) is 2.10. The van der Waals surface area contributed by atoms with Crippen LogP contribution in [-0.2, 0) is 0 Å². The largest absolute Gasteiger partial charge is 0.399 e. The second kappa shape index (κ2) is 5.37. The monoisotopic (exact) mass is 223 g/mol. The van der Waals surface area contributed by atoms with E-state index in [1.54, 1.807) is 32.2 Å². The molecule has 88 valence electrons. The van der Waals surface area contributed by atoms with E-state index < -0.39 is 6.10 Å². The van der Waals surface area contributed by atoms with Crippen LogP contribution in [0.15, 0.2) is 18.2 Å². The van der Waals surface area contributed by atoms with Gasteiger partial charge in [0.25, 0.3) is 5.91 Å². The summed E-state index contributed by atoms with van der Waals surface area (Å²) in [6.07, 6.45) is -0.487. The minimum absolute atomic E-state index is 0.187. The van der Waals surface area contributed by atoms with Gasteiger partial charge in [0.2, 0.25) is 0 Å². The van der Waals surface area contributed by atoms with Gasteiger partial charge < -0.3 is 21.5 Å². The Kier molecular flexibility index (Phi) is 4.13. The standard InChI is InChI=1S/C11H17N3O2/c1-7(15)6-14-10-5-8(12)3-4-9(10)11(16)13-2/h3-5,7,14-15H,6,12H2,1-2H3,(H,13,16). The van der Waals surface area contributed by atoms with Crippen molar-refractivity contribution in [2.45, 2.75) is 13.0 Å². The van der Waals surface area contributed by atoms with Gasteiger partial charge in [-0.05, 0) is 25.1 Å². The van der Waals surface area contributed by atoms with E-state index in [-0.39, 0.29) is 5.91 Å². The first kappa shape index (κ1) is 12.3.